The van der Waals surface area contributed by atoms with Gasteiger partial charge < -0.3 is 15.0 Å². The second kappa shape index (κ2) is 5.73. The summed E-state index contributed by atoms with van der Waals surface area (Å²) < 4.78 is 9.90. The highest BCUT2D eigenvalue weighted by atomic mass is 32.2. The predicted octanol–water partition coefficient (Wildman–Crippen LogP) is 1.84. The summed E-state index contributed by atoms with van der Waals surface area (Å²) in [5, 5.41) is 3.88. The molecule has 1 aliphatic carbocycles. The fourth-order valence-corrected chi connectivity index (χ4v) is 3.08. The van der Waals surface area contributed by atoms with E-state index in [-0.39, 0.29) is 11.4 Å². The Bertz CT molecular complexity index is 477. The van der Waals surface area contributed by atoms with Crippen molar-refractivity contribution < 1.29 is 14.1 Å². The fraction of sp³-hybridized carbons (Fsp3) is 0.769. The number of nitrogens with zero attached hydrogens (tertiary/aromatic N) is 2. The van der Waals surface area contributed by atoms with E-state index in [1.54, 1.807) is 11.8 Å². The highest BCUT2D eigenvalue weighted by molar-refractivity contribution is 7.98. The lowest BCUT2D eigenvalue weighted by molar-refractivity contribution is -0.141. The van der Waals surface area contributed by atoms with E-state index in [1.165, 1.54) is 7.11 Å². The lowest BCUT2D eigenvalue weighted by Gasteiger charge is -2.12. The Hall–Kier alpha value is -1.08. The number of nitrogens with two attached hydrogens (primary N) is 1. The van der Waals surface area contributed by atoms with Crippen LogP contribution in [-0.4, -0.2) is 29.0 Å². The first-order valence-electron chi connectivity index (χ1n) is 6.61. The van der Waals surface area contributed by atoms with Gasteiger partial charge in [0.15, 0.2) is 5.82 Å². The molecule has 0 spiro atoms. The number of esters is 1. The third kappa shape index (κ3) is 3.96. The van der Waals surface area contributed by atoms with Crippen molar-refractivity contribution in [2.24, 2.45) is 11.1 Å². The third-order valence-electron chi connectivity index (χ3n) is 3.38. The van der Waals surface area contributed by atoms with Crippen LogP contribution < -0.4 is 5.73 Å². The van der Waals surface area contributed by atoms with Crippen LogP contribution in [0.5, 0.6) is 0 Å². The van der Waals surface area contributed by atoms with Gasteiger partial charge in [-0.05, 0) is 37.9 Å². The number of methoxy groups -OCH3 is 1. The molecular formula is C13H21N3O3S. The summed E-state index contributed by atoms with van der Waals surface area (Å²) in [7, 11) is 1.43. The van der Waals surface area contributed by atoms with E-state index in [1.807, 2.05) is 13.8 Å². The zero-order valence-corrected chi connectivity index (χ0v) is 13.0. The summed E-state index contributed by atoms with van der Waals surface area (Å²) in [5.41, 5.74) is 5.44. The standard InChI is InChI=1S/C13H21N3O3S/c1-12(2,14)11-15-9(19-16-11)7-20-8-13(4-5-13)6-10(17)18-3/h4-8,14H2,1-3H3. The molecule has 1 aliphatic rings. The Morgan fingerprint density at radius 3 is 2.75 bits per heavy atom. The highest BCUT2D eigenvalue weighted by Gasteiger charge is 2.44. The van der Waals surface area contributed by atoms with E-state index in [0.717, 1.165) is 18.6 Å². The molecule has 0 aliphatic heterocycles. The number of aromatic nitrogens is 2. The SMILES string of the molecule is COC(=O)CC1(CSCc2nc(C(C)(C)N)no2)CC1. The van der Waals surface area contributed by atoms with Gasteiger partial charge in [0.05, 0.1) is 24.8 Å². The number of hydrogen-bond donors (Lipinski definition) is 1. The molecule has 2 N–H and O–H groups in total. The molecule has 1 saturated carbocycles. The smallest absolute Gasteiger partial charge is 0.306 e. The Labute approximate surface area is 122 Å². The molecule has 1 aromatic heterocycles. The molecule has 1 heterocycles. The van der Waals surface area contributed by atoms with Crippen LogP contribution in [-0.2, 0) is 20.8 Å². The second-order valence-corrected chi connectivity index (χ2v) is 6.96. The minimum atomic E-state index is -0.588. The molecule has 0 radical (unpaired) electrons. The van der Waals surface area contributed by atoms with E-state index in [9.17, 15) is 4.79 Å². The summed E-state index contributed by atoms with van der Waals surface area (Å²) in [6, 6.07) is 0. The summed E-state index contributed by atoms with van der Waals surface area (Å²) >= 11 is 1.71. The topological polar surface area (TPSA) is 91.2 Å². The molecule has 0 aromatic carbocycles. The average Bonchev–Trinajstić information content (AvgIpc) is 2.94. The lowest BCUT2D eigenvalue weighted by atomic mass is 10.1. The fourth-order valence-electron chi connectivity index (χ4n) is 1.86. The van der Waals surface area contributed by atoms with Gasteiger partial charge in [-0.3, -0.25) is 4.79 Å². The van der Waals surface area contributed by atoms with Crippen molar-refractivity contribution in [3.05, 3.63) is 11.7 Å². The number of carbonyl (C=O) groups excluding carboxylic acids is 1. The van der Waals surface area contributed by atoms with Gasteiger partial charge >= 0.3 is 5.97 Å². The van der Waals surface area contributed by atoms with Crippen LogP contribution in [0, 0.1) is 5.41 Å². The number of ether oxygens (including phenoxy) is 1. The predicted molar refractivity (Wildman–Crippen MR) is 76.0 cm³/mol. The van der Waals surface area contributed by atoms with Gasteiger partial charge in [-0.2, -0.15) is 16.7 Å². The minimum Gasteiger partial charge on any atom is -0.469 e. The second-order valence-electron chi connectivity index (χ2n) is 5.98. The van der Waals surface area contributed by atoms with Crippen LogP contribution in [0.4, 0.5) is 0 Å². The maximum Gasteiger partial charge on any atom is 0.306 e. The number of carbonyl (C=O) groups is 1. The number of hydrogen-bond acceptors (Lipinski definition) is 7. The molecular weight excluding hydrogens is 278 g/mol. The maximum atomic E-state index is 11.3. The van der Waals surface area contributed by atoms with E-state index in [2.05, 4.69) is 10.1 Å². The molecule has 0 amide bonds. The van der Waals surface area contributed by atoms with Crippen molar-refractivity contribution in [2.45, 2.75) is 44.4 Å². The molecule has 1 fully saturated rings. The van der Waals surface area contributed by atoms with Crippen LogP contribution in [0.1, 0.15) is 44.8 Å². The molecule has 0 saturated heterocycles. The normalized spacial score (nSPS) is 17.0. The Morgan fingerprint density at radius 2 is 2.25 bits per heavy atom. The van der Waals surface area contributed by atoms with E-state index < -0.39 is 5.54 Å². The van der Waals surface area contributed by atoms with Crippen molar-refractivity contribution in [2.75, 3.05) is 12.9 Å². The Morgan fingerprint density at radius 1 is 1.55 bits per heavy atom. The average molecular weight is 299 g/mol. The molecule has 0 bridgehead atoms. The van der Waals surface area contributed by atoms with Crippen LogP contribution in [0.3, 0.4) is 0 Å². The third-order valence-corrected chi connectivity index (χ3v) is 4.65. The molecule has 0 atom stereocenters. The number of thioether (sulfide) groups is 1. The molecule has 0 unspecified atom stereocenters. The highest BCUT2D eigenvalue weighted by Crippen LogP contribution is 2.51. The van der Waals surface area contributed by atoms with E-state index in [0.29, 0.717) is 23.9 Å². The zero-order valence-electron chi connectivity index (χ0n) is 12.1. The lowest BCUT2D eigenvalue weighted by Crippen LogP contribution is -2.30. The maximum absolute atomic E-state index is 11.3. The molecule has 20 heavy (non-hydrogen) atoms. The zero-order chi connectivity index (χ0) is 14.8. The van der Waals surface area contributed by atoms with Gasteiger partial charge in [-0.15, -0.1) is 0 Å². The molecule has 6 nitrogen and oxygen atoms in total. The van der Waals surface area contributed by atoms with Gasteiger partial charge in [-0.1, -0.05) is 5.16 Å². The summed E-state index contributed by atoms with van der Waals surface area (Å²) in [6.45, 7) is 3.68. The van der Waals surface area contributed by atoms with Gasteiger partial charge in [0.1, 0.15) is 0 Å². The molecule has 2 rings (SSSR count). The quantitative estimate of drug-likeness (QED) is 0.768. The van der Waals surface area contributed by atoms with Gasteiger partial charge in [0, 0.05) is 0 Å². The molecule has 1 aromatic rings. The largest absolute Gasteiger partial charge is 0.469 e. The van der Waals surface area contributed by atoms with Gasteiger partial charge in [0.2, 0.25) is 5.89 Å². The summed E-state index contributed by atoms with van der Waals surface area (Å²) in [5.74, 6) is 2.52. The summed E-state index contributed by atoms with van der Waals surface area (Å²) in [6.07, 6.45) is 2.67. The first-order chi connectivity index (χ1) is 9.35. The summed E-state index contributed by atoms with van der Waals surface area (Å²) in [4.78, 5) is 15.6. The Kier molecular flexibility index (Phi) is 4.39. The van der Waals surface area contributed by atoms with Crippen LogP contribution in [0.2, 0.25) is 0 Å². The Balaban J connectivity index is 1.79. The molecule has 7 heteroatoms. The first kappa shape index (κ1) is 15.3. The van der Waals surface area contributed by atoms with Crippen molar-refractivity contribution in [3.8, 4) is 0 Å². The number of rotatable bonds is 7. The van der Waals surface area contributed by atoms with Gasteiger partial charge in [0.25, 0.3) is 0 Å². The van der Waals surface area contributed by atoms with Crippen LogP contribution >= 0.6 is 11.8 Å². The van der Waals surface area contributed by atoms with E-state index in [4.69, 9.17) is 15.0 Å². The van der Waals surface area contributed by atoms with Crippen LogP contribution in [0.25, 0.3) is 0 Å². The van der Waals surface area contributed by atoms with Gasteiger partial charge in [-0.25, -0.2) is 0 Å². The first-order valence-corrected chi connectivity index (χ1v) is 7.77. The minimum absolute atomic E-state index is 0.119. The van der Waals surface area contributed by atoms with Crippen molar-refractivity contribution >= 4 is 17.7 Å². The molecule has 112 valence electrons. The van der Waals surface area contributed by atoms with E-state index >= 15 is 0 Å². The van der Waals surface area contributed by atoms with Crippen molar-refractivity contribution in [3.63, 3.8) is 0 Å². The van der Waals surface area contributed by atoms with Crippen LogP contribution in [0.15, 0.2) is 4.52 Å². The van der Waals surface area contributed by atoms with Crippen molar-refractivity contribution in [1.29, 1.82) is 0 Å². The van der Waals surface area contributed by atoms with Crippen molar-refractivity contribution in [1.82, 2.24) is 10.1 Å². The monoisotopic (exact) mass is 299 g/mol.